The van der Waals surface area contributed by atoms with Crippen molar-refractivity contribution < 1.29 is 19.5 Å². The molecule has 2 aliphatic heterocycles. The van der Waals surface area contributed by atoms with Crippen LogP contribution in [0.2, 0.25) is 0 Å². The number of amides is 1. The van der Waals surface area contributed by atoms with Crippen LogP contribution in [0.4, 0.5) is 0 Å². The molecule has 18 heavy (non-hydrogen) atoms. The van der Waals surface area contributed by atoms with Gasteiger partial charge in [0.05, 0.1) is 0 Å². The van der Waals surface area contributed by atoms with Crippen molar-refractivity contribution in [3.05, 3.63) is 0 Å². The van der Waals surface area contributed by atoms with Crippen molar-refractivity contribution in [2.45, 2.75) is 31.4 Å². The highest BCUT2D eigenvalue weighted by Crippen LogP contribution is 2.17. The molecular formula is C11H17N3O4. The first-order valence-electron chi connectivity index (χ1n) is 6.03. The van der Waals surface area contributed by atoms with Gasteiger partial charge in [-0.1, -0.05) is 5.16 Å². The highest BCUT2D eigenvalue weighted by atomic mass is 16.6. The molecular weight excluding hydrogens is 238 g/mol. The Labute approximate surface area is 105 Å². The normalized spacial score (nSPS) is 24.3. The number of rotatable bonds is 3. The smallest absolute Gasteiger partial charge is 0.353 e. The molecule has 0 spiro atoms. The number of carboxylic acids is 1. The number of piperidine rings is 1. The predicted molar refractivity (Wildman–Crippen MR) is 63.2 cm³/mol. The summed E-state index contributed by atoms with van der Waals surface area (Å²) >= 11 is 0. The van der Waals surface area contributed by atoms with Crippen LogP contribution < -0.4 is 5.32 Å². The van der Waals surface area contributed by atoms with Crippen LogP contribution in [0.1, 0.15) is 19.3 Å². The summed E-state index contributed by atoms with van der Waals surface area (Å²) in [6.45, 7) is 1.79. The minimum absolute atomic E-state index is 0.0451. The summed E-state index contributed by atoms with van der Waals surface area (Å²) in [5, 5.41) is 15.4. The van der Waals surface area contributed by atoms with Gasteiger partial charge in [-0.2, -0.15) is 0 Å². The fourth-order valence-corrected chi connectivity index (χ4v) is 2.24. The molecule has 7 nitrogen and oxygen atoms in total. The first-order valence-corrected chi connectivity index (χ1v) is 6.03. The molecule has 1 amide bonds. The Morgan fingerprint density at radius 1 is 1.44 bits per heavy atom. The Morgan fingerprint density at radius 3 is 2.67 bits per heavy atom. The summed E-state index contributed by atoms with van der Waals surface area (Å²) < 4.78 is 0. The summed E-state index contributed by atoms with van der Waals surface area (Å²) in [5.41, 5.74) is -0.0907. The van der Waals surface area contributed by atoms with Crippen LogP contribution in [-0.2, 0) is 14.4 Å². The summed E-state index contributed by atoms with van der Waals surface area (Å²) in [6.07, 6.45) is 1.07. The summed E-state index contributed by atoms with van der Waals surface area (Å²) in [5.74, 6) is -1.32. The predicted octanol–water partition coefficient (Wildman–Crippen LogP) is -0.574. The van der Waals surface area contributed by atoms with Crippen LogP contribution in [0.25, 0.3) is 0 Å². The molecule has 7 heteroatoms. The number of carbonyl (C=O) groups is 2. The molecule has 0 bridgehead atoms. The second kappa shape index (κ2) is 5.34. The van der Waals surface area contributed by atoms with Gasteiger partial charge in [0.1, 0.15) is 0 Å². The Morgan fingerprint density at radius 2 is 2.11 bits per heavy atom. The standard InChI is InChI=1S/C11H17N3O4/c1-14(7-2-4-12-5-3-7)10(15)9-6-8(11(16)17)13-18-9/h7,9,12H,2-6H2,1H3,(H,16,17). The lowest BCUT2D eigenvalue weighted by Crippen LogP contribution is -2.47. The highest BCUT2D eigenvalue weighted by molar-refractivity contribution is 6.36. The monoisotopic (exact) mass is 255 g/mol. The lowest BCUT2D eigenvalue weighted by Gasteiger charge is -2.32. The van der Waals surface area contributed by atoms with E-state index < -0.39 is 12.1 Å². The van der Waals surface area contributed by atoms with E-state index in [9.17, 15) is 9.59 Å². The second-order valence-corrected chi connectivity index (χ2v) is 4.57. The van der Waals surface area contributed by atoms with Crippen LogP contribution in [0.5, 0.6) is 0 Å². The number of oxime groups is 1. The molecule has 1 saturated heterocycles. The Balaban J connectivity index is 1.90. The second-order valence-electron chi connectivity index (χ2n) is 4.57. The van der Waals surface area contributed by atoms with Crippen molar-refractivity contribution in [3.8, 4) is 0 Å². The van der Waals surface area contributed by atoms with E-state index in [0.29, 0.717) is 0 Å². The molecule has 0 aromatic rings. The van der Waals surface area contributed by atoms with Gasteiger partial charge in [-0.25, -0.2) is 4.79 Å². The van der Waals surface area contributed by atoms with Crippen LogP contribution in [0.15, 0.2) is 5.16 Å². The number of carbonyl (C=O) groups excluding carboxylic acids is 1. The average molecular weight is 255 g/mol. The minimum atomic E-state index is -1.13. The van der Waals surface area contributed by atoms with E-state index in [1.807, 2.05) is 0 Å². The maximum absolute atomic E-state index is 12.1. The number of hydrogen-bond donors (Lipinski definition) is 2. The summed E-state index contributed by atoms with van der Waals surface area (Å²) in [4.78, 5) is 29.4. The van der Waals surface area contributed by atoms with Crippen LogP contribution in [0.3, 0.4) is 0 Å². The number of nitrogens with zero attached hydrogens (tertiary/aromatic N) is 2. The number of aliphatic carboxylic acids is 1. The Bertz CT molecular complexity index is 376. The minimum Gasteiger partial charge on any atom is -0.477 e. The number of hydrogen-bond acceptors (Lipinski definition) is 5. The van der Waals surface area contributed by atoms with E-state index in [4.69, 9.17) is 9.94 Å². The largest absolute Gasteiger partial charge is 0.477 e. The van der Waals surface area contributed by atoms with E-state index in [2.05, 4.69) is 10.5 Å². The topological polar surface area (TPSA) is 91.2 Å². The first kappa shape index (κ1) is 12.8. The lowest BCUT2D eigenvalue weighted by atomic mass is 10.0. The van der Waals surface area contributed by atoms with Gasteiger partial charge in [0.2, 0.25) is 6.10 Å². The van der Waals surface area contributed by atoms with Crippen molar-refractivity contribution >= 4 is 17.6 Å². The molecule has 2 N–H and O–H groups in total. The zero-order chi connectivity index (χ0) is 13.1. The third-order valence-electron chi connectivity index (χ3n) is 3.40. The van der Waals surface area contributed by atoms with Crippen molar-refractivity contribution in [3.63, 3.8) is 0 Å². The number of likely N-dealkylation sites (N-methyl/N-ethyl adjacent to an activating group) is 1. The van der Waals surface area contributed by atoms with Gasteiger partial charge < -0.3 is 20.2 Å². The number of carboxylic acid groups (broad SMARTS) is 1. The van der Waals surface area contributed by atoms with Crippen molar-refractivity contribution in [2.75, 3.05) is 20.1 Å². The van der Waals surface area contributed by atoms with E-state index in [1.54, 1.807) is 11.9 Å². The van der Waals surface area contributed by atoms with E-state index in [1.165, 1.54) is 0 Å². The van der Waals surface area contributed by atoms with Gasteiger partial charge in [-0.3, -0.25) is 4.79 Å². The molecule has 0 aromatic carbocycles. The molecule has 100 valence electrons. The molecule has 2 aliphatic rings. The highest BCUT2D eigenvalue weighted by Gasteiger charge is 2.35. The van der Waals surface area contributed by atoms with Gasteiger partial charge in [0.25, 0.3) is 5.91 Å². The Kier molecular flexibility index (Phi) is 3.81. The van der Waals surface area contributed by atoms with Gasteiger partial charge in [0.15, 0.2) is 5.71 Å². The fraction of sp³-hybridized carbons (Fsp3) is 0.727. The molecule has 1 atom stereocenters. The van der Waals surface area contributed by atoms with Crippen LogP contribution >= 0.6 is 0 Å². The maximum atomic E-state index is 12.1. The molecule has 2 rings (SSSR count). The van der Waals surface area contributed by atoms with E-state index >= 15 is 0 Å². The van der Waals surface area contributed by atoms with E-state index in [0.717, 1.165) is 25.9 Å². The average Bonchev–Trinajstić information content (AvgIpc) is 2.88. The fourth-order valence-electron chi connectivity index (χ4n) is 2.24. The third-order valence-corrected chi connectivity index (χ3v) is 3.40. The van der Waals surface area contributed by atoms with Gasteiger partial charge in [-0.05, 0) is 25.9 Å². The van der Waals surface area contributed by atoms with Crippen molar-refractivity contribution in [1.82, 2.24) is 10.2 Å². The van der Waals surface area contributed by atoms with Gasteiger partial charge in [-0.15, -0.1) is 0 Å². The quantitative estimate of drug-likeness (QED) is 0.704. The molecule has 1 unspecified atom stereocenters. The zero-order valence-corrected chi connectivity index (χ0v) is 10.3. The van der Waals surface area contributed by atoms with Crippen LogP contribution in [0, 0.1) is 0 Å². The Hall–Kier alpha value is -1.63. The van der Waals surface area contributed by atoms with Gasteiger partial charge in [0, 0.05) is 19.5 Å². The molecule has 0 aromatic heterocycles. The van der Waals surface area contributed by atoms with Crippen molar-refractivity contribution in [1.29, 1.82) is 0 Å². The summed E-state index contributed by atoms with van der Waals surface area (Å²) in [7, 11) is 1.74. The lowest BCUT2D eigenvalue weighted by molar-refractivity contribution is -0.143. The number of nitrogens with one attached hydrogen (secondary N) is 1. The first-order chi connectivity index (χ1) is 8.59. The van der Waals surface area contributed by atoms with Crippen LogP contribution in [-0.4, -0.2) is 59.9 Å². The van der Waals surface area contributed by atoms with Crippen molar-refractivity contribution in [2.24, 2.45) is 5.16 Å². The molecule has 0 saturated carbocycles. The summed E-state index contributed by atoms with van der Waals surface area (Å²) in [6, 6.07) is 0.191. The molecule has 2 heterocycles. The molecule has 0 radical (unpaired) electrons. The van der Waals surface area contributed by atoms with E-state index in [-0.39, 0.29) is 24.1 Å². The third kappa shape index (κ3) is 2.61. The maximum Gasteiger partial charge on any atom is 0.353 e. The SMILES string of the molecule is CN(C(=O)C1CC(C(=O)O)=NO1)C1CCNCC1. The molecule has 0 aliphatic carbocycles. The molecule has 1 fully saturated rings. The van der Waals surface area contributed by atoms with Gasteiger partial charge >= 0.3 is 5.97 Å². The zero-order valence-electron chi connectivity index (χ0n) is 10.3.